The van der Waals surface area contributed by atoms with Crippen molar-refractivity contribution < 1.29 is 4.74 Å². The van der Waals surface area contributed by atoms with Crippen molar-refractivity contribution in [3.8, 4) is 0 Å². The maximum absolute atomic E-state index is 5.29. The highest BCUT2D eigenvalue weighted by Gasteiger charge is 2.26. The van der Waals surface area contributed by atoms with E-state index in [1.54, 1.807) is 0 Å². The van der Waals surface area contributed by atoms with E-state index in [0.29, 0.717) is 6.10 Å². The van der Waals surface area contributed by atoms with Crippen LogP contribution in [0.4, 0.5) is 0 Å². The summed E-state index contributed by atoms with van der Waals surface area (Å²) in [4.78, 5) is 0. The molecule has 1 fully saturated rings. The molecule has 0 N–H and O–H groups in total. The summed E-state index contributed by atoms with van der Waals surface area (Å²) >= 11 is 2.52. The summed E-state index contributed by atoms with van der Waals surface area (Å²) in [6.07, 6.45) is 4.47. The topological polar surface area (TPSA) is 9.23 Å². The van der Waals surface area contributed by atoms with E-state index in [2.05, 4.69) is 29.5 Å². The van der Waals surface area contributed by atoms with Crippen LogP contribution in [0.5, 0.6) is 0 Å². The fourth-order valence-electron chi connectivity index (χ4n) is 1.60. The van der Waals surface area contributed by atoms with Gasteiger partial charge in [0.25, 0.3) is 0 Å². The van der Waals surface area contributed by atoms with Crippen molar-refractivity contribution in [2.45, 2.75) is 36.2 Å². The highest BCUT2D eigenvalue weighted by molar-refractivity contribution is 14.1. The molecule has 0 heterocycles. The third kappa shape index (κ3) is 2.09. The number of hydrogen-bond acceptors (Lipinski definition) is 1. The summed E-state index contributed by atoms with van der Waals surface area (Å²) in [5.41, 5.74) is 0. The molecule has 1 aliphatic carbocycles. The van der Waals surface area contributed by atoms with E-state index in [0.717, 1.165) is 9.84 Å². The fraction of sp³-hybridized carbons (Fsp3) is 1.00. The first-order chi connectivity index (χ1) is 4.74. The normalized spacial score (nSPS) is 36.3. The summed E-state index contributed by atoms with van der Waals surface area (Å²) in [7, 11) is 1.82. The molecule has 0 spiro atoms. The van der Waals surface area contributed by atoms with Gasteiger partial charge in [-0.15, -0.1) is 0 Å². The molecular weight excluding hydrogens is 239 g/mol. The van der Waals surface area contributed by atoms with Crippen LogP contribution < -0.4 is 0 Å². The molecule has 1 saturated carbocycles. The predicted octanol–water partition coefficient (Wildman–Crippen LogP) is 2.63. The molecule has 60 valence electrons. The van der Waals surface area contributed by atoms with Gasteiger partial charge in [-0.1, -0.05) is 29.5 Å². The van der Waals surface area contributed by atoms with Gasteiger partial charge in [0.05, 0.1) is 6.10 Å². The first-order valence-corrected chi connectivity index (χ1v) is 5.15. The number of hydrogen-bond donors (Lipinski definition) is 0. The summed E-state index contributed by atoms with van der Waals surface area (Å²) in [6, 6.07) is 0. The van der Waals surface area contributed by atoms with Gasteiger partial charge in [0.2, 0.25) is 0 Å². The molecule has 0 aromatic rings. The second-order valence-electron chi connectivity index (χ2n) is 3.11. The van der Waals surface area contributed by atoms with Gasteiger partial charge in [0.1, 0.15) is 0 Å². The van der Waals surface area contributed by atoms with Crippen LogP contribution in [0.2, 0.25) is 0 Å². The molecule has 1 aliphatic rings. The molecule has 0 aromatic heterocycles. The Morgan fingerprint density at radius 1 is 1.50 bits per heavy atom. The molecule has 10 heavy (non-hydrogen) atoms. The van der Waals surface area contributed by atoms with Crippen LogP contribution in [0.15, 0.2) is 0 Å². The average molecular weight is 254 g/mol. The molecule has 1 nitrogen and oxygen atoms in total. The zero-order valence-corrected chi connectivity index (χ0v) is 8.80. The maximum Gasteiger partial charge on any atom is 0.0574 e. The van der Waals surface area contributed by atoms with Crippen LogP contribution in [0.1, 0.15) is 26.2 Å². The van der Waals surface area contributed by atoms with Crippen LogP contribution in [-0.2, 0) is 4.74 Å². The average Bonchev–Trinajstić information content (AvgIpc) is 2.34. The lowest BCUT2D eigenvalue weighted by atomic mass is 10.1. The van der Waals surface area contributed by atoms with E-state index in [4.69, 9.17) is 4.74 Å². The van der Waals surface area contributed by atoms with E-state index in [1.807, 2.05) is 7.11 Å². The standard InChI is InChI=1S/C8H15IO/c1-6(9)7-3-4-8(5-7)10-2/h6-8H,3-5H2,1-2H3/t6?,7-,8-/m0/s1. The fourth-order valence-corrected chi connectivity index (χ4v) is 2.26. The number of ether oxygens (including phenoxy) is 1. The van der Waals surface area contributed by atoms with Crippen molar-refractivity contribution in [2.24, 2.45) is 5.92 Å². The SMILES string of the molecule is CO[C@H]1CC[C@H](C(C)I)C1. The largest absolute Gasteiger partial charge is 0.381 e. The van der Waals surface area contributed by atoms with Crippen molar-refractivity contribution in [1.82, 2.24) is 0 Å². The van der Waals surface area contributed by atoms with E-state index in [-0.39, 0.29) is 0 Å². The molecular formula is C8H15IO. The molecule has 1 rings (SSSR count). The number of alkyl halides is 1. The first-order valence-electron chi connectivity index (χ1n) is 3.91. The monoisotopic (exact) mass is 254 g/mol. The third-order valence-corrected chi connectivity index (χ3v) is 3.43. The van der Waals surface area contributed by atoms with Crippen molar-refractivity contribution in [2.75, 3.05) is 7.11 Å². The zero-order chi connectivity index (χ0) is 7.56. The lowest BCUT2D eigenvalue weighted by Gasteiger charge is -2.11. The van der Waals surface area contributed by atoms with Gasteiger partial charge >= 0.3 is 0 Å². The predicted molar refractivity (Wildman–Crippen MR) is 51.6 cm³/mol. The van der Waals surface area contributed by atoms with Crippen LogP contribution >= 0.6 is 22.6 Å². The quantitative estimate of drug-likeness (QED) is 0.543. The smallest absolute Gasteiger partial charge is 0.0574 e. The number of rotatable bonds is 2. The molecule has 0 bridgehead atoms. The van der Waals surface area contributed by atoms with Crippen molar-refractivity contribution in [3.63, 3.8) is 0 Å². The molecule has 0 aliphatic heterocycles. The van der Waals surface area contributed by atoms with E-state index < -0.39 is 0 Å². The summed E-state index contributed by atoms with van der Waals surface area (Å²) < 4.78 is 6.11. The molecule has 1 unspecified atom stereocenters. The van der Waals surface area contributed by atoms with Gasteiger partial charge in [0, 0.05) is 11.0 Å². The Bertz CT molecular complexity index is 103. The minimum absolute atomic E-state index is 0.558. The molecule has 2 heteroatoms. The lowest BCUT2D eigenvalue weighted by Crippen LogP contribution is -2.09. The van der Waals surface area contributed by atoms with Gasteiger partial charge in [-0.3, -0.25) is 0 Å². The van der Waals surface area contributed by atoms with Gasteiger partial charge in [-0.25, -0.2) is 0 Å². The first kappa shape index (κ1) is 8.78. The van der Waals surface area contributed by atoms with Gasteiger partial charge in [0.15, 0.2) is 0 Å². The van der Waals surface area contributed by atoms with Gasteiger partial charge in [-0.2, -0.15) is 0 Å². The second-order valence-corrected chi connectivity index (χ2v) is 5.07. The van der Waals surface area contributed by atoms with Crippen molar-refractivity contribution in [1.29, 1.82) is 0 Å². The van der Waals surface area contributed by atoms with E-state index in [1.165, 1.54) is 19.3 Å². The summed E-state index contributed by atoms with van der Waals surface area (Å²) in [6.45, 7) is 2.29. The van der Waals surface area contributed by atoms with Crippen LogP contribution in [0.25, 0.3) is 0 Å². The Morgan fingerprint density at radius 2 is 2.20 bits per heavy atom. The summed E-state index contributed by atoms with van der Waals surface area (Å²) in [5.74, 6) is 0.908. The van der Waals surface area contributed by atoms with Crippen LogP contribution in [-0.4, -0.2) is 17.1 Å². The Labute approximate surface area is 76.7 Å². The highest BCUT2D eigenvalue weighted by atomic mass is 127. The minimum Gasteiger partial charge on any atom is -0.381 e. The highest BCUT2D eigenvalue weighted by Crippen LogP contribution is 2.32. The second kappa shape index (κ2) is 3.90. The molecule has 0 aromatic carbocycles. The Hall–Kier alpha value is 0.690. The van der Waals surface area contributed by atoms with Crippen LogP contribution in [0, 0.1) is 5.92 Å². The zero-order valence-electron chi connectivity index (χ0n) is 6.64. The van der Waals surface area contributed by atoms with E-state index >= 15 is 0 Å². The number of halogens is 1. The third-order valence-electron chi connectivity index (χ3n) is 2.41. The Kier molecular flexibility index (Phi) is 3.43. The van der Waals surface area contributed by atoms with Crippen molar-refractivity contribution >= 4 is 22.6 Å². The maximum atomic E-state index is 5.29. The Morgan fingerprint density at radius 3 is 2.50 bits per heavy atom. The van der Waals surface area contributed by atoms with Gasteiger partial charge < -0.3 is 4.74 Å². The Balaban J connectivity index is 2.28. The van der Waals surface area contributed by atoms with Gasteiger partial charge in [-0.05, 0) is 25.2 Å². The van der Waals surface area contributed by atoms with Crippen molar-refractivity contribution in [3.05, 3.63) is 0 Å². The minimum atomic E-state index is 0.558. The molecule has 3 atom stereocenters. The van der Waals surface area contributed by atoms with E-state index in [9.17, 15) is 0 Å². The molecule has 0 amide bonds. The summed E-state index contributed by atoms with van der Waals surface area (Å²) in [5, 5.41) is 0. The van der Waals surface area contributed by atoms with Crippen LogP contribution in [0.3, 0.4) is 0 Å². The number of methoxy groups -OCH3 is 1. The molecule has 0 radical (unpaired) electrons. The lowest BCUT2D eigenvalue weighted by molar-refractivity contribution is 0.105. The molecule has 0 saturated heterocycles.